The Balaban J connectivity index is 0.00000242. The molecule has 0 atom stereocenters. The van der Waals surface area contributed by atoms with E-state index < -0.39 is 0 Å². The van der Waals surface area contributed by atoms with Gasteiger partial charge in [0.1, 0.15) is 5.76 Å². The molecule has 1 aromatic rings. The van der Waals surface area contributed by atoms with Gasteiger partial charge in [-0.15, -0.1) is 24.0 Å². The van der Waals surface area contributed by atoms with Crippen LogP contribution >= 0.6 is 24.0 Å². The first-order valence-electron chi connectivity index (χ1n) is 7.83. The SMILES string of the molecule is CCOCCC1(CNC(=NC)NCc2ccco2)CCC1.I. The number of guanidine groups is 1. The van der Waals surface area contributed by atoms with Crippen LogP contribution in [-0.4, -0.2) is 32.8 Å². The van der Waals surface area contributed by atoms with Crippen LogP contribution in [0, 0.1) is 5.41 Å². The second-order valence-electron chi connectivity index (χ2n) is 5.66. The first-order valence-corrected chi connectivity index (χ1v) is 7.83. The van der Waals surface area contributed by atoms with Gasteiger partial charge in [0, 0.05) is 26.8 Å². The third-order valence-electron chi connectivity index (χ3n) is 4.26. The molecule has 126 valence electrons. The van der Waals surface area contributed by atoms with Gasteiger partial charge in [-0.1, -0.05) is 6.42 Å². The third kappa shape index (κ3) is 5.79. The Labute approximate surface area is 150 Å². The molecule has 0 aliphatic heterocycles. The van der Waals surface area contributed by atoms with E-state index in [0.29, 0.717) is 12.0 Å². The normalized spacial score (nSPS) is 16.5. The molecule has 0 bridgehead atoms. The summed E-state index contributed by atoms with van der Waals surface area (Å²) in [6, 6.07) is 3.85. The smallest absolute Gasteiger partial charge is 0.191 e. The van der Waals surface area contributed by atoms with Crippen LogP contribution in [0.5, 0.6) is 0 Å². The minimum atomic E-state index is 0. The summed E-state index contributed by atoms with van der Waals surface area (Å²) >= 11 is 0. The molecule has 1 aromatic heterocycles. The molecular formula is C16H28IN3O2. The standard InChI is InChI=1S/C16H27N3O2.HI/c1-3-20-11-9-16(7-5-8-16)13-19-15(17-2)18-12-14-6-4-10-21-14;/h4,6,10H,3,5,7-9,11-13H2,1-2H3,(H2,17,18,19);1H. The summed E-state index contributed by atoms with van der Waals surface area (Å²) in [6.07, 6.45) is 6.70. The molecule has 0 spiro atoms. The molecule has 0 saturated heterocycles. The van der Waals surface area contributed by atoms with Gasteiger partial charge in [-0.2, -0.15) is 0 Å². The van der Waals surface area contributed by atoms with Crippen molar-refractivity contribution in [3.8, 4) is 0 Å². The third-order valence-corrected chi connectivity index (χ3v) is 4.26. The highest BCUT2D eigenvalue weighted by Gasteiger charge is 2.36. The Morgan fingerprint density at radius 3 is 2.77 bits per heavy atom. The molecule has 0 aromatic carbocycles. The van der Waals surface area contributed by atoms with E-state index in [1.807, 2.05) is 19.1 Å². The van der Waals surface area contributed by atoms with Crippen molar-refractivity contribution in [2.75, 3.05) is 26.8 Å². The van der Waals surface area contributed by atoms with Gasteiger partial charge in [0.2, 0.25) is 0 Å². The van der Waals surface area contributed by atoms with E-state index in [9.17, 15) is 0 Å². The minimum absolute atomic E-state index is 0. The van der Waals surface area contributed by atoms with Crippen LogP contribution in [0.1, 0.15) is 38.4 Å². The van der Waals surface area contributed by atoms with Gasteiger partial charge in [-0.25, -0.2) is 0 Å². The Morgan fingerprint density at radius 2 is 2.23 bits per heavy atom. The Kier molecular flexibility index (Phi) is 8.85. The van der Waals surface area contributed by atoms with Crippen molar-refractivity contribution in [2.45, 2.75) is 39.2 Å². The van der Waals surface area contributed by atoms with Crippen molar-refractivity contribution >= 4 is 29.9 Å². The predicted molar refractivity (Wildman–Crippen MR) is 99.7 cm³/mol. The Hall–Kier alpha value is -0.760. The van der Waals surface area contributed by atoms with E-state index in [2.05, 4.69) is 15.6 Å². The van der Waals surface area contributed by atoms with E-state index >= 15 is 0 Å². The molecule has 1 aliphatic carbocycles. The van der Waals surface area contributed by atoms with Crippen molar-refractivity contribution in [1.29, 1.82) is 0 Å². The van der Waals surface area contributed by atoms with Gasteiger partial charge >= 0.3 is 0 Å². The number of hydrogen-bond donors (Lipinski definition) is 2. The number of hydrogen-bond acceptors (Lipinski definition) is 3. The van der Waals surface area contributed by atoms with Crippen LogP contribution in [0.3, 0.4) is 0 Å². The molecule has 1 heterocycles. The highest BCUT2D eigenvalue weighted by molar-refractivity contribution is 14.0. The lowest BCUT2D eigenvalue weighted by atomic mass is 9.67. The zero-order valence-corrected chi connectivity index (χ0v) is 15.9. The topological polar surface area (TPSA) is 58.8 Å². The number of nitrogens with one attached hydrogen (secondary N) is 2. The van der Waals surface area contributed by atoms with Crippen LogP contribution < -0.4 is 10.6 Å². The largest absolute Gasteiger partial charge is 0.467 e. The summed E-state index contributed by atoms with van der Waals surface area (Å²) in [5.74, 6) is 1.74. The molecule has 1 aliphatic rings. The van der Waals surface area contributed by atoms with Crippen LogP contribution in [-0.2, 0) is 11.3 Å². The van der Waals surface area contributed by atoms with E-state index in [-0.39, 0.29) is 24.0 Å². The zero-order chi connectivity index (χ0) is 15.0. The predicted octanol–water partition coefficient (Wildman–Crippen LogP) is 3.16. The molecular weight excluding hydrogens is 393 g/mol. The molecule has 0 radical (unpaired) electrons. The second-order valence-corrected chi connectivity index (χ2v) is 5.66. The first-order chi connectivity index (χ1) is 10.3. The molecule has 0 unspecified atom stereocenters. The number of nitrogens with zero attached hydrogens (tertiary/aromatic N) is 1. The molecule has 1 saturated carbocycles. The fraction of sp³-hybridized carbons (Fsp3) is 0.688. The van der Waals surface area contributed by atoms with Gasteiger partial charge in [-0.3, -0.25) is 4.99 Å². The van der Waals surface area contributed by atoms with E-state index in [4.69, 9.17) is 9.15 Å². The van der Waals surface area contributed by atoms with Crippen molar-refractivity contribution in [3.05, 3.63) is 24.2 Å². The summed E-state index contributed by atoms with van der Waals surface area (Å²) in [7, 11) is 1.80. The lowest BCUT2D eigenvalue weighted by Gasteiger charge is -2.42. The summed E-state index contributed by atoms with van der Waals surface area (Å²) in [4.78, 5) is 4.27. The lowest BCUT2D eigenvalue weighted by Crippen LogP contribution is -2.46. The van der Waals surface area contributed by atoms with Gasteiger partial charge in [0.05, 0.1) is 12.8 Å². The monoisotopic (exact) mass is 421 g/mol. The van der Waals surface area contributed by atoms with E-state index in [1.54, 1.807) is 13.3 Å². The summed E-state index contributed by atoms with van der Waals surface area (Å²) < 4.78 is 10.8. The maximum Gasteiger partial charge on any atom is 0.191 e. The number of aliphatic imine (C=N–C) groups is 1. The number of halogens is 1. The highest BCUT2D eigenvalue weighted by Crippen LogP contribution is 2.43. The van der Waals surface area contributed by atoms with E-state index in [0.717, 1.165) is 37.9 Å². The average Bonchev–Trinajstić information content (AvgIpc) is 2.97. The summed E-state index contributed by atoms with van der Waals surface area (Å²) in [6.45, 7) is 5.31. The van der Waals surface area contributed by atoms with Gasteiger partial charge in [-0.05, 0) is 43.7 Å². The Morgan fingerprint density at radius 1 is 1.41 bits per heavy atom. The van der Waals surface area contributed by atoms with Crippen LogP contribution in [0.4, 0.5) is 0 Å². The average molecular weight is 421 g/mol. The Bertz CT molecular complexity index is 431. The fourth-order valence-corrected chi connectivity index (χ4v) is 2.70. The van der Waals surface area contributed by atoms with Crippen molar-refractivity contribution in [1.82, 2.24) is 10.6 Å². The molecule has 0 amide bonds. The van der Waals surface area contributed by atoms with Crippen LogP contribution in [0.15, 0.2) is 27.8 Å². The number of ether oxygens (including phenoxy) is 1. The minimum Gasteiger partial charge on any atom is -0.467 e. The maximum atomic E-state index is 5.51. The maximum absolute atomic E-state index is 5.51. The molecule has 5 nitrogen and oxygen atoms in total. The van der Waals surface area contributed by atoms with Gasteiger partial charge < -0.3 is 19.8 Å². The number of furan rings is 1. The molecule has 1 fully saturated rings. The second kappa shape index (κ2) is 10.1. The first kappa shape index (κ1) is 19.3. The molecule has 2 N–H and O–H groups in total. The number of rotatable bonds is 8. The van der Waals surface area contributed by atoms with Crippen LogP contribution in [0.25, 0.3) is 0 Å². The summed E-state index contributed by atoms with van der Waals surface area (Å²) in [5.41, 5.74) is 0.386. The zero-order valence-electron chi connectivity index (χ0n) is 13.6. The van der Waals surface area contributed by atoms with Crippen LogP contribution in [0.2, 0.25) is 0 Å². The highest BCUT2D eigenvalue weighted by atomic mass is 127. The van der Waals surface area contributed by atoms with Crippen molar-refractivity contribution in [2.24, 2.45) is 10.4 Å². The quantitative estimate of drug-likeness (QED) is 0.293. The lowest BCUT2D eigenvalue weighted by molar-refractivity contribution is 0.0572. The van der Waals surface area contributed by atoms with Gasteiger partial charge in [0.15, 0.2) is 5.96 Å². The van der Waals surface area contributed by atoms with Crippen molar-refractivity contribution in [3.63, 3.8) is 0 Å². The van der Waals surface area contributed by atoms with Crippen molar-refractivity contribution < 1.29 is 9.15 Å². The molecule has 22 heavy (non-hydrogen) atoms. The molecule has 6 heteroatoms. The molecule has 2 rings (SSSR count). The van der Waals surface area contributed by atoms with Gasteiger partial charge in [0.25, 0.3) is 0 Å². The fourth-order valence-electron chi connectivity index (χ4n) is 2.70. The summed E-state index contributed by atoms with van der Waals surface area (Å²) in [5, 5.41) is 6.72. The van der Waals surface area contributed by atoms with E-state index in [1.165, 1.54) is 19.3 Å².